The molecule has 1 aliphatic rings. The van der Waals surface area contributed by atoms with E-state index < -0.39 is 0 Å². The average molecular weight is 391 g/mol. The van der Waals surface area contributed by atoms with Gasteiger partial charge in [-0.1, -0.05) is 29.8 Å². The van der Waals surface area contributed by atoms with Crippen molar-refractivity contribution in [1.29, 1.82) is 5.41 Å². The summed E-state index contributed by atoms with van der Waals surface area (Å²) in [5.74, 6) is -0.0761. The molecule has 8 heteroatoms. The smallest absolute Gasteiger partial charge is 0.260 e. The average Bonchev–Trinajstić information content (AvgIpc) is 2.67. The van der Waals surface area contributed by atoms with Gasteiger partial charge in [0.15, 0.2) is 5.84 Å². The first kappa shape index (κ1) is 20.5. The van der Waals surface area contributed by atoms with Gasteiger partial charge >= 0.3 is 0 Å². The fourth-order valence-corrected chi connectivity index (χ4v) is 3.03. The Kier molecular flexibility index (Phi) is 6.63. The van der Waals surface area contributed by atoms with Crippen LogP contribution in [0.25, 0.3) is 5.57 Å². The van der Waals surface area contributed by atoms with Crippen molar-refractivity contribution in [2.24, 2.45) is 9.98 Å². The van der Waals surface area contributed by atoms with E-state index in [1.165, 1.54) is 13.0 Å². The number of hydrogen-bond donors (Lipinski definition) is 1. The molecule has 0 unspecified atom stereocenters. The monoisotopic (exact) mass is 390 g/mol. The highest BCUT2D eigenvalue weighted by atomic mass is 35.5. The zero-order valence-electron chi connectivity index (χ0n) is 15.5. The maximum Gasteiger partial charge on any atom is 0.260 e. The molecule has 1 amide bonds. The van der Waals surface area contributed by atoms with E-state index in [1.54, 1.807) is 30.2 Å². The summed E-state index contributed by atoms with van der Waals surface area (Å²) in [5.41, 5.74) is 2.17. The van der Waals surface area contributed by atoms with Crippen molar-refractivity contribution in [2.45, 2.75) is 20.8 Å². The van der Waals surface area contributed by atoms with Gasteiger partial charge < -0.3 is 0 Å². The Balaban J connectivity index is 2.50. The molecule has 0 bridgehead atoms. The number of amidine groups is 2. The highest BCUT2D eigenvalue weighted by Gasteiger charge is 2.30. The summed E-state index contributed by atoms with van der Waals surface area (Å²) in [7, 11) is 1.64. The number of likely N-dealkylation sites (N-methyl/N-ethyl adjacent to an activating group) is 1. The summed E-state index contributed by atoms with van der Waals surface area (Å²) in [6.07, 6.45) is 3.63. The van der Waals surface area contributed by atoms with Crippen molar-refractivity contribution in [2.75, 3.05) is 13.6 Å². The Morgan fingerprint density at radius 2 is 2.15 bits per heavy atom. The number of halogens is 2. The summed E-state index contributed by atoms with van der Waals surface area (Å²) in [4.78, 5) is 25.9. The molecule has 142 valence electrons. The minimum atomic E-state index is -0.284. The minimum absolute atomic E-state index is 0.201. The molecule has 0 spiro atoms. The SMILES string of the molecule is C/C=C1/C=C(c2ccc(C(=N)N=C(C)OF)cc2Cl)C(=O)N(CC)C1=NC. The van der Waals surface area contributed by atoms with Crippen molar-refractivity contribution in [3.8, 4) is 0 Å². The number of hydrogen-bond acceptors (Lipinski definition) is 4. The van der Waals surface area contributed by atoms with Crippen LogP contribution in [0.2, 0.25) is 5.02 Å². The lowest BCUT2D eigenvalue weighted by Gasteiger charge is -2.29. The van der Waals surface area contributed by atoms with Crippen molar-refractivity contribution >= 4 is 40.7 Å². The van der Waals surface area contributed by atoms with Crippen LogP contribution in [0.15, 0.2) is 45.9 Å². The molecule has 0 atom stereocenters. The lowest BCUT2D eigenvalue weighted by Crippen LogP contribution is -2.41. The number of rotatable bonds is 3. The number of benzene rings is 1. The first-order valence-electron chi connectivity index (χ1n) is 8.27. The van der Waals surface area contributed by atoms with E-state index in [2.05, 4.69) is 14.9 Å². The van der Waals surface area contributed by atoms with Gasteiger partial charge in [0.25, 0.3) is 5.91 Å². The second-order valence-corrected chi connectivity index (χ2v) is 6.06. The van der Waals surface area contributed by atoms with Gasteiger partial charge in [-0.05, 0) is 26.0 Å². The van der Waals surface area contributed by atoms with Crippen molar-refractivity contribution in [3.05, 3.63) is 52.1 Å². The Labute approximate surface area is 162 Å². The van der Waals surface area contributed by atoms with Crippen LogP contribution in [0.5, 0.6) is 0 Å². The van der Waals surface area contributed by atoms with Crippen LogP contribution in [-0.4, -0.2) is 42.0 Å². The molecular formula is C19H20ClFN4O2. The molecule has 1 aliphatic heterocycles. The summed E-state index contributed by atoms with van der Waals surface area (Å²) >= 11 is 6.38. The topological polar surface area (TPSA) is 78.1 Å². The van der Waals surface area contributed by atoms with Crippen LogP contribution in [0.4, 0.5) is 4.53 Å². The van der Waals surface area contributed by atoms with Gasteiger partial charge in [0.2, 0.25) is 5.90 Å². The summed E-state index contributed by atoms with van der Waals surface area (Å²) in [6.45, 7) is 5.51. The predicted molar refractivity (Wildman–Crippen MR) is 106 cm³/mol. The summed E-state index contributed by atoms with van der Waals surface area (Å²) in [6, 6.07) is 4.76. The van der Waals surface area contributed by atoms with Crippen molar-refractivity contribution < 1.29 is 14.3 Å². The highest BCUT2D eigenvalue weighted by Crippen LogP contribution is 2.31. The third kappa shape index (κ3) is 4.14. The molecule has 2 rings (SSSR count). The second-order valence-electron chi connectivity index (χ2n) is 5.65. The van der Waals surface area contributed by atoms with Gasteiger partial charge in [-0.2, -0.15) is 4.99 Å². The van der Waals surface area contributed by atoms with E-state index in [0.717, 1.165) is 5.57 Å². The Morgan fingerprint density at radius 3 is 2.67 bits per heavy atom. The Bertz CT molecular complexity index is 903. The van der Waals surface area contributed by atoms with Crippen LogP contribution in [0.3, 0.4) is 0 Å². The number of carbonyl (C=O) groups excluding carboxylic acids is 1. The molecular weight excluding hydrogens is 371 g/mol. The number of allylic oxidation sites excluding steroid dienone is 1. The van der Waals surface area contributed by atoms with E-state index >= 15 is 0 Å². The minimum Gasteiger partial charge on any atom is -0.293 e. The lowest BCUT2D eigenvalue weighted by molar-refractivity contribution is -0.121. The highest BCUT2D eigenvalue weighted by molar-refractivity contribution is 6.37. The van der Waals surface area contributed by atoms with Crippen LogP contribution in [0.1, 0.15) is 31.9 Å². The second kappa shape index (κ2) is 8.73. The fraction of sp³-hybridized carbons (Fsp3) is 0.263. The standard InChI is InChI=1S/C19H20ClFN4O2/c1-5-12-9-15(19(26)25(6-2)18(12)23-4)14-8-7-13(10-16(14)20)17(22)24-11(3)27-21/h5,7-10,22H,6H2,1-4H3/b12-5-,22-17?,23-18?,24-11?. The molecule has 0 fully saturated rings. The van der Waals surface area contributed by atoms with E-state index in [-0.39, 0.29) is 22.7 Å². The summed E-state index contributed by atoms with van der Waals surface area (Å²) in [5, 5.41) is 8.17. The molecule has 27 heavy (non-hydrogen) atoms. The third-order valence-corrected chi connectivity index (χ3v) is 4.35. The Hall–Kier alpha value is -2.80. The number of carbonyl (C=O) groups is 1. The van der Waals surface area contributed by atoms with Gasteiger partial charge in [0.1, 0.15) is 5.84 Å². The van der Waals surface area contributed by atoms with E-state index in [9.17, 15) is 9.32 Å². The molecule has 0 aromatic heterocycles. The predicted octanol–water partition coefficient (Wildman–Crippen LogP) is 4.20. The summed E-state index contributed by atoms with van der Waals surface area (Å²) < 4.78 is 12.1. The normalized spacial score (nSPS) is 18.1. The maximum absolute atomic E-state index is 12.9. The number of nitrogens with one attached hydrogen (secondary N) is 1. The van der Waals surface area contributed by atoms with Gasteiger partial charge in [0, 0.05) is 52.3 Å². The lowest BCUT2D eigenvalue weighted by atomic mass is 9.95. The molecule has 0 saturated heterocycles. The van der Waals surface area contributed by atoms with Gasteiger partial charge in [-0.15, -0.1) is 0 Å². The van der Waals surface area contributed by atoms with Crippen molar-refractivity contribution in [1.82, 2.24) is 4.90 Å². The van der Waals surface area contributed by atoms with Crippen molar-refractivity contribution in [3.63, 3.8) is 0 Å². The maximum atomic E-state index is 12.9. The molecule has 1 aromatic rings. The number of aliphatic imine (C=N–C) groups is 2. The number of nitrogens with zero attached hydrogens (tertiary/aromatic N) is 3. The molecule has 6 nitrogen and oxygen atoms in total. The zero-order chi connectivity index (χ0) is 20.1. The Morgan fingerprint density at radius 1 is 1.44 bits per heavy atom. The molecule has 1 heterocycles. The molecule has 1 N–H and O–H groups in total. The largest absolute Gasteiger partial charge is 0.293 e. The molecule has 1 aromatic carbocycles. The van der Waals surface area contributed by atoms with Crippen LogP contribution >= 0.6 is 11.6 Å². The van der Waals surface area contributed by atoms with E-state index in [4.69, 9.17) is 17.0 Å². The van der Waals surface area contributed by atoms with Crippen LogP contribution < -0.4 is 0 Å². The molecule has 0 aliphatic carbocycles. The fourth-order valence-electron chi connectivity index (χ4n) is 2.75. The van der Waals surface area contributed by atoms with E-state index in [0.29, 0.717) is 29.1 Å². The molecule has 0 radical (unpaired) electrons. The van der Waals surface area contributed by atoms with Crippen LogP contribution in [-0.2, 0) is 9.74 Å². The first-order chi connectivity index (χ1) is 12.9. The van der Waals surface area contributed by atoms with Gasteiger partial charge in [-0.25, -0.2) is 0 Å². The number of amides is 1. The van der Waals surface area contributed by atoms with Crippen LogP contribution in [0, 0.1) is 5.41 Å². The quantitative estimate of drug-likeness (QED) is 0.620. The van der Waals surface area contributed by atoms with Gasteiger partial charge in [-0.3, -0.25) is 25.0 Å². The molecule has 0 saturated carbocycles. The zero-order valence-corrected chi connectivity index (χ0v) is 16.3. The third-order valence-electron chi connectivity index (χ3n) is 4.04. The van der Waals surface area contributed by atoms with E-state index in [1.807, 2.05) is 19.9 Å². The van der Waals surface area contributed by atoms with Gasteiger partial charge in [0.05, 0.1) is 0 Å². The first-order valence-corrected chi connectivity index (χ1v) is 8.65.